The van der Waals surface area contributed by atoms with Crippen molar-refractivity contribution in [2.45, 2.75) is 35.1 Å². The first kappa shape index (κ1) is 20.7. The summed E-state index contributed by atoms with van der Waals surface area (Å²) in [4.78, 5) is 10.4. The Morgan fingerprint density at radius 2 is 1.67 bits per heavy atom. The minimum atomic E-state index is 0.755. The van der Waals surface area contributed by atoms with E-state index in [1.165, 1.54) is 47.1 Å². The van der Waals surface area contributed by atoms with Gasteiger partial charge in [-0.05, 0) is 69.2 Å². The van der Waals surface area contributed by atoms with E-state index in [4.69, 9.17) is 16.3 Å². The number of para-hydroxylation sites is 1. The van der Waals surface area contributed by atoms with Gasteiger partial charge in [0.2, 0.25) is 0 Å². The minimum Gasteiger partial charge on any atom is -0.379 e. The highest BCUT2D eigenvalue weighted by molar-refractivity contribution is 7.99. The first-order chi connectivity index (χ1) is 14.8. The molecule has 0 radical (unpaired) electrons. The molecule has 3 aliphatic rings. The molecule has 6 heteroatoms. The van der Waals surface area contributed by atoms with Crippen molar-refractivity contribution in [1.82, 2.24) is 9.80 Å². The quantitative estimate of drug-likeness (QED) is 0.636. The molecule has 0 aromatic heterocycles. The summed E-state index contributed by atoms with van der Waals surface area (Å²) < 4.78 is 5.51. The smallest absolute Gasteiger partial charge is 0.0594 e. The summed E-state index contributed by atoms with van der Waals surface area (Å²) in [5, 5.41) is 0.809. The van der Waals surface area contributed by atoms with Gasteiger partial charge in [0.25, 0.3) is 0 Å². The average molecular weight is 444 g/mol. The molecule has 2 saturated heterocycles. The number of likely N-dealkylation sites (tertiary alicyclic amines) is 1. The standard InChI is InChI=1S/C24H30ClN3OS/c25-19-6-7-24-22(18-19)28(21-4-1-2-5-23(21)30-24)11-3-10-26-12-8-20(9-13-26)27-14-16-29-17-15-27/h1-2,4-7,18,20H,3,8-17H2. The molecule has 0 N–H and O–H groups in total. The van der Waals surface area contributed by atoms with Crippen molar-refractivity contribution >= 4 is 34.7 Å². The van der Waals surface area contributed by atoms with E-state index in [0.717, 1.165) is 56.9 Å². The van der Waals surface area contributed by atoms with E-state index in [2.05, 4.69) is 51.1 Å². The summed E-state index contributed by atoms with van der Waals surface area (Å²) in [7, 11) is 0. The molecule has 0 amide bonds. The maximum atomic E-state index is 6.35. The highest BCUT2D eigenvalue weighted by Gasteiger charge is 2.26. The number of morpholine rings is 1. The van der Waals surface area contributed by atoms with E-state index in [-0.39, 0.29) is 0 Å². The molecule has 0 saturated carbocycles. The Kier molecular flexibility index (Phi) is 6.53. The third kappa shape index (κ3) is 4.51. The first-order valence-electron chi connectivity index (χ1n) is 11.2. The van der Waals surface area contributed by atoms with Gasteiger partial charge in [-0.15, -0.1) is 0 Å². The zero-order valence-corrected chi connectivity index (χ0v) is 19.0. The Hall–Kier alpha value is -1.24. The summed E-state index contributed by atoms with van der Waals surface area (Å²) in [5.41, 5.74) is 2.56. The fourth-order valence-corrected chi connectivity index (χ4v) is 6.19. The van der Waals surface area contributed by atoms with E-state index in [9.17, 15) is 0 Å². The molecule has 2 fully saturated rings. The number of nitrogens with zero attached hydrogens (tertiary/aromatic N) is 3. The molecule has 30 heavy (non-hydrogen) atoms. The molecule has 5 rings (SSSR count). The van der Waals surface area contributed by atoms with Crippen molar-refractivity contribution < 1.29 is 4.74 Å². The van der Waals surface area contributed by atoms with Gasteiger partial charge in [-0.1, -0.05) is 35.5 Å². The van der Waals surface area contributed by atoms with Crippen LogP contribution in [0.2, 0.25) is 5.02 Å². The minimum absolute atomic E-state index is 0.755. The molecule has 2 aromatic rings. The predicted molar refractivity (Wildman–Crippen MR) is 125 cm³/mol. The molecule has 4 nitrogen and oxygen atoms in total. The maximum absolute atomic E-state index is 6.35. The molecule has 0 aliphatic carbocycles. The summed E-state index contributed by atoms with van der Waals surface area (Å²) >= 11 is 8.19. The zero-order valence-electron chi connectivity index (χ0n) is 17.4. The fourth-order valence-electron chi connectivity index (χ4n) is 4.95. The van der Waals surface area contributed by atoms with Crippen molar-refractivity contribution in [2.24, 2.45) is 0 Å². The van der Waals surface area contributed by atoms with Crippen LogP contribution in [0.1, 0.15) is 19.3 Å². The molecule has 0 spiro atoms. The molecule has 3 aliphatic heterocycles. The number of benzene rings is 2. The van der Waals surface area contributed by atoms with Gasteiger partial charge in [0.15, 0.2) is 0 Å². The van der Waals surface area contributed by atoms with Gasteiger partial charge in [0.05, 0.1) is 24.6 Å². The number of halogens is 1. The number of piperidine rings is 1. The lowest BCUT2D eigenvalue weighted by atomic mass is 10.0. The van der Waals surface area contributed by atoms with Gasteiger partial charge in [0.1, 0.15) is 0 Å². The number of anilines is 2. The highest BCUT2D eigenvalue weighted by Crippen LogP contribution is 2.48. The summed E-state index contributed by atoms with van der Waals surface area (Å²) in [5.74, 6) is 0. The van der Waals surface area contributed by atoms with Crippen LogP contribution in [0.4, 0.5) is 11.4 Å². The lowest BCUT2D eigenvalue weighted by Crippen LogP contribution is -2.49. The molecular formula is C24H30ClN3OS. The average Bonchev–Trinajstić information content (AvgIpc) is 2.80. The number of ether oxygens (including phenoxy) is 1. The van der Waals surface area contributed by atoms with Crippen molar-refractivity contribution in [1.29, 1.82) is 0 Å². The van der Waals surface area contributed by atoms with Crippen LogP contribution in [-0.2, 0) is 4.74 Å². The fraction of sp³-hybridized carbons (Fsp3) is 0.500. The highest BCUT2D eigenvalue weighted by atomic mass is 35.5. The van der Waals surface area contributed by atoms with Crippen molar-refractivity contribution in [3.8, 4) is 0 Å². The molecule has 2 aromatic carbocycles. The van der Waals surface area contributed by atoms with Gasteiger partial charge < -0.3 is 14.5 Å². The van der Waals surface area contributed by atoms with E-state index in [1.807, 2.05) is 17.8 Å². The monoisotopic (exact) mass is 443 g/mol. The van der Waals surface area contributed by atoms with Crippen LogP contribution in [0.15, 0.2) is 52.3 Å². The van der Waals surface area contributed by atoms with Gasteiger partial charge in [0, 0.05) is 40.5 Å². The molecule has 0 unspecified atom stereocenters. The van der Waals surface area contributed by atoms with Crippen molar-refractivity contribution in [3.05, 3.63) is 47.5 Å². The van der Waals surface area contributed by atoms with Crippen molar-refractivity contribution in [2.75, 3.05) is 57.4 Å². The maximum Gasteiger partial charge on any atom is 0.0594 e. The lowest BCUT2D eigenvalue weighted by Gasteiger charge is -2.40. The Balaban J connectivity index is 1.19. The van der Waals surface area contributed by atoms with E-state index < -0.39 is 0 Å². The molecule has 160 valence electrons. The molecule has 0 bridgehead atoms. The van der Waals surface area contributed by atoms with E-state index >= 15 is 0 Å². The van der Waals surface area contributed by atoms with Crippen LogP contribution in [0, 0.1) is 0 Å². The zero-order chi connectivity index (χ0) is 20.3. The normalized spacial score (nSPS) is 20.8. The lowest BCUT2D eigenvalue weighted by molar-refractivity contribution is 0.000896. The van der Waals surface area contributed by atoms with Gasteiger partial charge in [-0.25, -0.2) is 0 Å². The second kappa shape index (κ2) is 9.49. The third-order valence-electron chi connectivity index (χ3n) is 6.56. The van der Waals surface area contributed by atoms with Gasteiger partial charge in [-0.3, -0.25) is 4.90 Å². The van der Waals surface area contributed by atoms with Crippen molar-refractivity contribution in [3.63, 3.8) is 0 Å². The molecular weight excluding hydrogens is 414 g/mol. The Morgan fingerprint density at radius 1 is 0.900 bits per heavy atom. The van der Waals surface area contributed by atoms with Crippen LogP contribution in [-0.4, -0.2) is 68.3 Å². The SMILES string of the molecule is Clc1ccc2c(c1)N(CCCN1CCC(N3CCOCC3)CC1)c1ccccc1S2. The van der Waals surface area contributed by atoms with Gasteiger partial charge >= 0.3 is 0 Å². The number of rotatable bonds is 5. The molecule has 0 atom stereocenters. The first-order valence-corrected chi connectivity index (χ1v) is 12.4. The second-order valence-corrected chi connectivity index (χ2v) is 9.93. The van der Waals surface area contributed by atoms with Crippen LogP contribution >= 0.6 is 23.4 Å². The Labute approximate surface area is 189 Å². The topological polar surface area (TPSA) is 19.0 Å². The van der Waals surface area contributed by atoms with Crippen LogP contribution in [0.25, 0.3) is 0 Å². The number of hydrogen-bond donors (Lipinski definition) is 0. The summed E-state index contributed by atoms with van der Waals surface area (Å²) in [6.45, 7) is 8.65. The van der Waals surface area contributed by atoms with Crippen LogP contribution in [0.3, 0.4) is 0 Å². The largest absolute Gasteiger partial charge is 0.379 e. The predicted octanol–water partition coefficient (Wildman–Crippen LogP) is 5.13. The number of fused-ring (bicyclic) bond motifs is 2. The van der Waals surface area contributed by atoms with Crippen LogP contribution < -0.4 is 4.90 Å². The van der Waals surface area contributed by atoms with Gasteiger partial charge in [-0.2, -0.15) is 0 Å². The summed E-state index contributed by atoms with van der Waals surface area (Å²) in [6, 6.07) is 15.8. The van der Waals surface area contributed by atoms with Crippen LogP contribution in [0.5, 0.6) is 0 Å². The summed E-state index contributed by atoms with van der Waals surface area (Å²) in [6.07, 6.45) is 3.75. The number of hydrogen-bond acceptors (Lipinski definition) is 5. The Bertz CT molecular complexity index is 865. The van der Waals surface area contributed by atoms with E-state index in [0.29, 0.717) is 0 Å². The molecule has 3 heterocycles. The van der Waals surface area contributed by atoms with E-state index in [1.54, 1.807) is 0 Å². The second-order valence-electron chi connectivity index (χ2n) is 8.41. The Morgan fingerprint density at radius 3 is 2.50 bits per heavy atom. The third-order valence-corrected chi connectivity index (χ3v) is 7.93.